The summed E-state index contributed by atoms with van der Waals surface area (Å²) in [5.41, 5.74) is 3.47. The van der Waals surface area contributed by atoms with Gasteiger partial charge in [0, 0.05) is 18.0 Å². The second-order valence-corrected chi connectivity index (χ2v) is 7.37. The number of hydrogen-bond acceptors (Lipinski definition) is 4. The Hall–Kier alpha value is -3.16. The van der Waals surface area contributed by atoms with Crippen molar-refractivity contribution in [2.24, 2.45) is 0 Å². The van der Waals surface area contributed by atoms with Crippen LogP contribution in [0.4, 0.5) is 5.82 Å². The molecule has 1 aromatic heterocycles. The van der Waals surface area contributed by atoms with Crippen molar-refractivity contribution in [3.63, 3.8) is 0 Å². The average Bonchev–Trinajstić information content (AvgIpc) is 2.95. The zero-order valence-corrected chi connectivity index (χ0v) is 22.9. The van der Waals surface area contributed by atoms with Crippen molar-refractivity contribution in [3.8, 4) is 12.8 Å². The Kier molecular flexibility index (Phi) is 18.4. The van der Waals surface area contributed by atoms with E-state index in [-0.39, 0.29) is 0 Å². The second kappa shape index (κ2) is 20.2. The van der Waals surface area contributed by atoms with Crippen LogP contribution < -0.4 is 10.6 Å². The topological polar surface area (TPSA) is 49.8 Å². The van der Waals surface area contributed by atoms with Gasteiger partial charge >= 0.3 is 0 Å². The van der Waals surface area contributed by atoms with Crippen molar-refractivity contribution in [2.45, 2.75) is 73.3 Å². The molecule has 1 unspecified atom stereocenters. The SMILES string of the molecule is C#C.CC.CC.CCCC(CCNc1nc(/C=C/c2ccc(CC)cc2)nc2ccccc12)NC. The fourth-order valence-electron chi connectivity index (χ4n) is 3.49. The lowest BCUT2D eigenvalue weighted by atomic mass is 10.1. The van der Waals surface area contributed by atoms with E-state index in [1.54, 1.807) is 0 Å². The van der Waals surface area contributed by atoms with E-state index in [9.17, 15) is 0 Å². The van der Waals surface area contributed by atoms with Gasteiger partial charge in [0.05, 0.1) is 5.52 Å². The molecule has 2 N–H and O–H groups in total. The fraction of sp³-hybridized carbons (Fsp3) is 0.419. The highest BCUT2D eigenvalue weighted by molar-refractivity contribution is 5.90. The van der Waals surface area contributed by atoms with E-state index in [0.29, 0.717) is 6.04 Å². The van der Waals surface area contributed by atoms with Gasteiger partial charge in [-0.2, -0.15) is 0 Å². The quantitative estimate of drug-likeness (QED) is 0.294. The largest absolute Gasteiger partial charge is 0.369 e. The van der Waals surface area contributed by atoms with Crippen molar-refractivity contribution in [1.82, 2.24) is 15.3 Å². The average molecular weight is 475 g/mol. The van der Waals surface area contributed by atoms with E-state index in [0.717, 1.165) is 47.5 Å². The van der Waals surface area contributed by atoms with Gasteiger partial charge in [0.15, 0.2) is 5.82 Å². The molecular weight excluding hydrogens is 428 g/mol. The number of benzene rings is 2. The summed E-state index contributed by atoms with van der Waals surface area (Å²) in [7, 11) is 2.04. The molecule has 3 aromatic rings. The van der Waals surface area contributed by atoms with Crippen LogP contribution in [0, 0.1) is 12.8 Å². The second-order valence-electron chi connectivity index (χ2n) is 7.37. The molecule has 0 amide bonds. The number of para-hydroxylation sites is 1. The maximum atomic E-state index is 4.79. The molecule has 0 aliphatic heterocycles. The highest BCUT2D eigenvalue weighted by Gasteiger charge is 2.08. The predicted molar refractivity (Wildman–Crippen MR) is 158 cm³/mol. The molecule has 0 saturated heterocycles. The first-order chi connectivity index (χ1) is 17.2. The van der Waals surface area contributed by atoms with Gasteiger partial charge < -0.3 is 10.6 Å². The molecule has 0 saturated carbocycles. The van der Waals surface area contributed by atoms with Gasteiger partial charge in [-0.1, -0.05) is 90.4 Å². The van der Waals surface area contributed by atoms with Crippen molar-refractivity contribution in [2.75, 3.05) is 18.9 Å². The van der Waals surface area contributed by atoms with Crippen LogP contribution in [0.3, 0.4) is 0 Å². The summed E-state index contributed by atoms with van der Waals surface area (Å²) in [5.74, 6) is 1.63. The van der Waals surface area contributed by atoms with Crippen LogP contribution in [-0.2, 0) is 6.42 Å². The van der Waals surface area contributed by atoms with Gasteiger partial charge in [-0.3, -0.25) is 0 Å². The summed E-state index contributed by atoms with van der Waals surface area (Å²) in [6.45, 7) is 13.3. The third-order valence-electron chi connectivity index (χ3n) is 5.26. The van der Waals surface area contributed by atoms with Gasteiger partial charge in [0.25, 0.3) is 0 Å². The Balaban J connectivity index is 0.00000179. The summed E-state index contributed by atoms with van der Waals surface area (Å²) < 4.78 is 0. The van der Waals surface area contributed by atoms with Crippen LogP contribution in [-0.4, -0.2) is 29.6 Å². The van der Waals surface area contributed by atoms with Crippen molar-refractivity contribution in [3.05, 3.63) is 65.5 Å². The number of nitrogens with one attached hydrogen (secondary N) is 2. The van der Waals surface area contributed by atoms with Crippen LogP contribution in [0.1, 0.15) is 77.8 Å². The van der Waals surface area contributed by atoms with E-state index in [2.05, 4.69) is 73.7 Å². The van der Waals surface area contributed by atoms with Crippen LogP contribution in [0.25, 0.3) is 23.1 Å². The fourth-order valence-corrected chi connectivity index (χ4v) is 3.49. The molecule has 0 fully saturated rings. The van der Waals surface area contributed by atoms with E-state index in [4.69, 9.17) is 9.97 Å². The number of aryl methyl sites for hydroxylation is 1. The Morgan fingerprint density at radius 2 is 1.51 bits per heavy atom. The molecule has 4 nitrogen and oxygen atoms in total. The number of terminal acetylenes is 1. The number of nitrogens with zero attached hydrogens (tertiary/aromatic N) is 2. The van der Waals surface area contributed by atoms with Gasteiger partial charge in [0.1, 0.15) is 5.82 Å². The molecular formula is C31H46N4. The lowest BCUT2D eigenvalue weighted by molar-refractivity contribution is 0.494. The van der Waals surface area contributed by atoms with Crippen LogP contribution in [0.15, 0.2) is 48.5 Å². The molecule has 0 aliphatic rings. The minimum Gasteiger partial charge on any atom is -0.369 e. The van der Waals surface area contributed by atoms with E-state index < -0.39 is 0 Å². The number of fused-ring (bicyclic) bond motifs is 1. The highest BCUT2D eigenvalue weighted by Crippen LogP contribution is 2.21. The number of aromatic nitrogens is 2. The third-order valence-corrected chi connectivity index (χ3v) is 5.26. The van der Waals surface area contributed by atoms with Crippen molar-refractivity contribution >= 4 is 28.9 Å². The molecule has 2 aromatic carbocycles. The molecule has 1 atom stereocenters. The maximum Gasteiger partial charge on any atom is 0.154 e. The zero-order chi connectivity index (χ0) is 26.5. The minimum atomic E-state index is 0.533. The van der Waals surface area contributed by atoms with Crippen LogP contribution >= 0.6 is 0 Å². The first-order valence-electron chi connectivity index (χ1n) is 13.0. The van der Waals surface area contributed by atoms with Crippen molar-refractivity contribution < 1.29 is 0 Å². The van der Waals surface area contributed by atoms with Gasteiger partial charge in [-0.25, -0.2) is 9.97 Å². The van der Waals surface area contributed by atoms with E-state index in [1.807, 2.05) is 59.0 Å². The normalized spacial score (nSPS) is 10.8. The molecule has 4 heteroatoms. The molecule has 3 rings (SSSR count). The zero-order valence-electron chi connectivity index (χ0n) is 22.9. The first-order valence-corrected chi connectivity index (χ1v) is 13.0. The standard InChI is InChI=1S/C25H32N4.2C2H6.C2H2/c1-4-8-21(26-3)17-18-27-25-22-9-6-7-10-23(22)28-24(29-25)16-15-20-13-11-19(5-2)12-14-20;3*1-2/h6-7,9-16,21,26H,4-5,8,17-18H2,1-3H3,(H,27,28,29);2*1-2H3;1-2H/b16-15+;;;. The minimum absolute atomic E-state index is 0.533. The Morgan fingerprint density at radius 3 is 2.11 bits per heavy atom. The van der Waals surface area contributed by atoms with Crippen LogP contribution in [0.5, 0.6) is 0 Å². The summed E-state index contributed by atoms with van der Waals surface area (Å²) in [6, 6.07) is 17.3. The van der Waals surface area contributed by atoms with Gasteiger partial charge in [-0.15, -0.1) is 12.8 Å². The number of anilines is 1. The maximum absolute atomic E-state index is 4.79. The third kappa shape index (κ3) is 11.2. The highest BCUT2D eigenvalue weighted by atomic mass is 15.0. The Labute approximate surface area is 214 Å². The Bertz CT molecular complexity index is 974. The summed E-state index contributed by atoms with van der Waals surface area (Å²) in [6.07, 6.45) is 16.6. The smallest absolute Gasteiger partial charge is 0.154 e. The van der Waals surface area contributed by atoms with Gasteiger partial charge in [-0.05, 0) is 55.6 Å². The molecule has 0 bridgehead atoms. The predicted octanol–water partition coefficient (Wildman–Crippen LogP) is 7.85. The lowest BCUT2D eigenvalue weighted by Gasteiger charge is -2.16. The van der Waals surface area contributed by atoms with Crippen LogP contribution in [0.2, 0.25) is 0 Å². The van der Waals surface area contributed by atoms with E-state index >= 15 is 0 Å². The molecule has 1 heterocycles. The molecule has 190 valence electrons. The summed E-state index contributed by atoms with van der Waals surface area (Å²) >= 11 is 0. The molecule has 0 spiro atoms. The van der Waals surface area contributed by atoms with E-state index in [1.165, 1.54) is 18.4 Å². The Morgan fingerprint density at radius 1 is 0.857 bits per heavy atom. The van der Waals surface area contributed by atoms with Crippen molar-refractivity contribution in [1.29, 1.82) is 0 Å². The van der Waals surface area contributed by atoms with Gasteiger partial charge in [0.2, 0.25) is 0 Å². The monoisotopic (exact) mass is 474 g/mol. The summed E-state index contributed by atoms with van der Waals surface area (Å²) in [5, 5.41) is 8.00. The summed E-state index contributed by atoms with van der Waals surface area (Å²) in [4.78, 5) is 9.51. The molecule has 35 heavy (non-hydrogen) atoms. The number of rotatable bonds is 10. The molecule has 0 aliphatic carbocycles. The first kappa shape index (κ1) is 31.8. The lowest BCUT2D eigenvalue weighted by Crippen LogP contribution is -2.27. The number of hydrogen-bond donors (Lipinski definition) is 2. The molecule has 0 radical (unpaired) electrons.